The lowest BCUT2D eigenvalue weighted by atomic mass is 10.1. The van der Waals surface area contributed by atoms with Gasteiger partial charge in [-0.2, -0.15) is 0 Å². The molecule has 1 aromatic rings. The van der Waals surface area contributed by atoms with E-state index in [-0.39, 0.29) is 5.91 Å². The van der Waals surface area contributed by atoms with Crippen molar-refractivity contribution in [3.05, 3.63) is 41.5 Å². The number of carboxylic acid groups (broad SMARTS) is 1. The van der Waals surface area contributed by atoms with E-state index >= 15 is 0 Å². The Balaban J connectivity index is 2.02. The molecule has 0 radical (unpaired) electrons. The second kappa shape index (κ2) is 6.15. The third-order valence-electron chi connectivity index (χ3n) is 2.89. The maximum Gasteiger partial charge on any atom is 0.328 e. The molecule has 0 saturated carbocycles. The molecular weight excluding hydrogens is 244 g/mol. The number of carbonyl (C=O) groups excluding carboxylic acids is 1. The molecule has 1 saturated heterocycles. The first-order chi connectivity index (χ1) is 9.13. The van der Waals surface area contributed by atoms with Gasteiger partial charge in [0.2, 0.25) is 5.91 Å². The SMILES string of the molecule is O=C(O)C=Cc1cccc(CN2CCNC(=O)C2)c1. The molecule has 5 heteroatoms. The van der Waals surface area contributed by atoms with Crippen molar-refractivity contribution in [1.29, 1.82) is 0 Å². The summed E-state index contributed by atoms with van der Waals surface area (Å²) in [5, 5.41) is 11.4. The van der Waals surface area contributed by atoms with Gasteiger partial charge in [-0.1, -0.05) is 24.3 Å². The Kier molecular flexibility index (Phi) is 4.30. The number of amides is 1. The highest BCUT2D eigenvalue weighted by Gasteiger charge is 2.15. The monoisotopic (exact) mass is 260 g/mol. The number of aliphatic carboxylic acids is 1. The quantitative estimate of drug-likeness (QED) is 0.782. The summed E-state index contributed by atoms with van der Waals surface area (Å²) in [6.45, 7) is 2.62. The fourth-order valence-electron chi connectivity index (χ4n) is 2.05. The minimum atomic E-state index is -0.960. The Morgan fingerprint density at radius 3 is 3.05 bits per heavy atom. The summed E-state index contributed by atoms with van der Waals surface area (Å²) in [6, 6.07) is 7.66. The van der Waals surface area contributed by atoms with E-state index in [0.29, 0.717) is 19.6 Å². The maximum atomic E-state index is 11.3. The number of nitrogens with one attached hydrogen (secondary N) is 1. The molecule has 2 N–H and O–H groups in total. The van der Waals surface area contributed by atoms with Gasteiger partial charge >= 0.3 is 5.97 Å². The molecule has 19 heavy (non-hydrogen) atoms. The topological polar surface area (TPSA) is 69.6 Å². The highest BCUT2D eigenvalue weighted by Crippen LogP contribution is 2.10. The summed E-state index contributed by atoms with van der Waals surface area (Å²) in [4.78, 5) is 23.8. The van der Waals surface area contributed by atoms with E-state index in [1.807, 2.05) is 24.3 Å². The minimum absolute atomic E-state index is 0.0492. The van der Waals surface area contributed by atoms with Crippen LogP contribution in [0.15, 0.2) is 30.3 Å². The van der Waals surface area contributed by atoms with Crippen LogP contribution in [0, 0.1) is 0 Å². The van der Waals surface area contributed by atoms with Crippen LogP contribution in [0.25, 0.3) is 6.08 Å². The van der Waals surface area contributed by atoms with Gasteiger partial charge in [-0.3, -0.25) is 9.69 Å². The van der Waals surface area contributed by atoms with Crippen molar-refractivity contribution in [2.45, 2.75) is 6.54 Å². The zero-order chi connectivity index (χ0) is 13.7. The van der Waals surface area contributed by atoms with Crippen LogP contribution in [0.2, 0.25) is 0 Å². The van der Waals surface area contributed by atoms with Crippen LogP contribution in [0.5, 0.6) is 0 Å². The number of piperazine rings is 1. The first-order valence-corrected chi connectivity index (χ1v) is 6.12. The van der Waals surface area contributed by atoms with Crippen molar-refractivity contribution >= 4 is 18.0 Å². The Morgan fingerprint density at radius 1 is 1.47 bits per heavy atom. The van der Waals surface area contributed by atoms with Crippen molar-refractivity contribution in [3.8, 4) is 0 Å². The first kappa shape index (κ1) is 13.3. The molecule has 5 nitrogen and oxygen atoms in total. The average molecular weight is 260 g/mol. The van der Waals surface area contributed by atoms with E-state index < -0.39 is 5.97 Å². The lowest BCUT2D eigenvalue weighted by Gasteiger charge is -2.26. The summed E-state index contributed by atoms with van der Waals surface area (Å²) in [5.74, 6) is -0.911. The van der Waals surface area contributed by atoms with Gasteiger partial charge in [-0.25, -0.2) is 4.79 Å². The van der Waals surface area contributed by atoms with E-state index in [4.69, 9.17) is 5.11 Å². The van der Waals surface area contributed by atoms with Crippen LogP contribution in [-0.4, -0.2) is 41.5 Å². The van der Waals surface area contributed by atoms with Crippen LogP contribution in [0.4, 0.5) is 0 Å². The number of carbonyl (C=O) groups is 2. The largest absolute Gasteiger partial charge is 0.478 e. The van der Waals surface area contributed by atoms with Crippen molar-refractivity contribution in [2.24, 2.45) is 0 Å². The summed E-state index contributed by atoms with van der Waals surface area (Å²) in [7, 11) is 0. The first-order valence-electron chi connectivity index (χ1n) is 6.12. The molecule has 1 fully saturated rings. The predicted octanol–water partition coefficient (Wildman–Crippen LogP) is 0.716. The number of hydrogen-bond acceptors (Lipinski definition) is 3. The van der Waals surface area contributed by atoms with Gasteiger partial charge in [0.25, 0.3) is 0 Å². The van der Waals surface area contributed by atoms with Crippen molar-refractivity contribution in [3.63, 3.8) is 0 Å². The molecule has 100 valence electrons. The molecule has 1 aliphatic heterocycles. The molecule has 1 amide bonds. The Morgan fingerprint density at radius 2 is 2.32 bits per heavy atom. The third-order valence-corrected chi connectivity index (χ3v) is 2.89. The normalized spacial score (nSPS) is 16.5. The van der Waals surface area contributed by atoms with Gasteiger partial charge < -0.3 is 10.4 Å². The molecule has 0 atom stereocenters. The molecule has 0 unspecified atom stereocenters. The maximum absolute atomic E-state index is 11.3. The molecule has 1 aliphatic rings. The summed E-state index contributed by atoms with van der Waals surface area (Å²) in [6.07, 6.45) is 2.68. The number of benzene rings is 1. The molecule has 0 aliphatic carbocycles. The lowest BCUT2D eigenvalue weighted by Crippen LogP contribution is -2.47. The number of carboxylic acids is 1. The van der Waals surface area contributed by atoms with E-state index in [1.165, 1.54) is 0 Å². The van der Waals surface area contributed by atoms with Crippen LogP contribution in [-0.2, 0) is 16.1 Å². The van der Waals surface area contributed by atoms with Crippen LogP contribution in [0.3, 0.4) is 0 Å². The number of rotatable bonds is 4. The molecule has 0 aromatic heterocycles. The molecule has 1 heterocycles. The third kappa shape index (κ3) is 4.22. The molecule has 0 bridgehead atoms. The number of nitrogens with zero attached hydrogens (tertiary/aromatic N) is 1. The molecule has 2 rings (SSSR count). The second-order valence-corrected chi connectivity index (χ2v) is 4.48. The van der Waals surface area contributed by atoms with Gasteiger partial charge in [0, 0.05) is 25.7 Å². The van der Waals surface area contributed by atoms with Gasteiger partial charge in [0.1, 0.15) is 0 Å². The minimum Gasteiger partial charge on any atom is -0.478 e. The lowest BCUT2D eigenvalue weighted by molar-refractivity contribution is -0.131. The Labute approximate surface area is 111 Å². The summed E-state index contributed by atoms with van der Waals surface area (Å²) >= 11 is 0. The molecule has 0 spiro atoms. The fraction of sp³-hybridized carbons (Fsp3) is 0.286. The van der Waals surface area contributed by atoms with Crippen molar-refractivity contribution in [2.75, 3.05) is 19.6 Å². The van der Waals surface area contributed by atoms with Crippen LogP contribution < -0.4 is 5.32 Å². The van der Waals surface area contributed by atoms with E-state index in [9.17, 15) is 9.59 Å². The van der Waals surface area contributed by atoms with E-state index in [0.717, 1.165) is 23.7 Å². The van der Waals surface area contributed by atoms with Gasteiger partial charge in [-0.15, -0.1) is 0 Å². The zero-order valence-corrected chi connectivity index (χ0v) is 10.5. The van der Waals surface area contributed by atoms with Crippen LogP contribution >= 0.6 is 0 Å². The smallest absolute Gasteiger partial charge is 0.328 e. The predicted molar refractivity (Wildman–Crippen MR) is 71.4 cm³/mol. The Bertz CT molecular complexity index is 511. The van der Waals surface area contributed by atoms with Crippen molar-refractivity contribution < 1.29 is 14.7 Å². The molecular formula is C14H16N2O3. The average Bonchev–Trinajstić information content (AvgIpc) is 2.37. The van der Waals surface area contributed by atoms with Crippen LogP contribution in [0.1, 0.15) is 11.1 Å². The standard InChI is InChI=1S/C14H16N2O3/c17-13-10-16(7-6-15-13)9-12-3-1-2-11(8-12)4-5-14(18)19/h1-5,8H,6-7,9-10H2,(H,15,17)(H,18,19). The number of hydrogen-bond donors (Lipinski definition) is 2. The van der Waals surface area contributed by atoms with E-state index in [2.05, 4.69) is 10.2 Å². The van der Waals surface area contributed by atoms with Gasteiger partial charge in [0.15, 0.2) is 0 Å². The fourth-order valence-corrected chi connectivity index (χ4v) is 2.05. The van der Waals surface area contributed by atoms with Gasteiger partial charge in [0.05, 0.1) is 6.54 Å². The summed E-state index contributed by atoms with van der Waals surface area (Å²) in [5.41, 5.74) is 1.92. The Hall–Kier alpha value is -2.14. The zero-order valence-electron chi connectivity index (χ0n) is 10.5. The second-order valence-electron chi connectivity index (χ2n) is 4.48. The highest BCUT2D eigenvalue weighted by atomic mass is 16.4. The van der Waals surface area contributed by atoms with Crippen molar-refractivity contribution in [1.82, 2.24) is 10.2 Å². The summed E-state index contributed by atoms with van der Waals surface area (Å²) < 4.78 is 0. The van der Waals surface area contributed by atoms with E-state index in [1.54, 1.807) is 6.08 Å². The highest BCUT2D eigenvalue weighted by molar-refractivity contribution is 5.85. The molecule has 1 aromatic carbocycles. The van der Waals surface area contributed by atoms with Gasteiger partial charge in [-0.05, 0) is 17.2 Å².